The highest BCUT2D eigenvalue weighted by Crippen LogP contribution is 2.34. The summed E-state index contributed by atoms with van der Waals surface area (Å²) >= 11 is 3.34. The minimum absolute atomic E-state index is 0.240. The second-order valence-electron chi connectivity index (χ2n) is 7.14. The Kier molecular flexibility index (Phi) is 6.04. The van der Waals surface area contributed by atoms with Crippen molar-refractivity contribution in [2.75, 3.05) is 19.3 Å². The van der Waals surface area contributed by atoms with Gasteiger partial charge in [0.1, 0.15) is 21.5 Å². The Morgan fingerprint density at radius 3 is 2.68 bits per heavy atom. The number of benzene rings is 1. The van der Waals surface area contributed by atoms with Crippen molar-refractivity contribution in [2.24, 2.45) is 0 Å². The normalized spacial score (nSPS) is 17.8. The summed E-state index contributed by atoms with van der Waals surface area (Å²) < 4.78 is 13.2. The maximum atomic E-state index is 13.2. The van der Waals surface area contributed by atoms with E-state index in [4.69, 9.17) is 0 Å². The second-order valence-corrected chi connectivity index (χ2v) is 9.18. The van der Waals surface area contributed by atoms with Gasteiger partial charge in [0, 0.05) is 17.4 Å². The van der Waals surface area contributed by atoms with Gasteiger partial charge in [0.2, 0.25) is 0 Å². The number of thiazole rings is 1. The van der Waals surface area contributed by atoms with Gasteiger partial charge in [-0.3, -0.25) is 0 Å². The van der Waals surface area contributed by atoms with Crippen LogP contribution in [0.25, 0.3) is 21.1 Å². The summed E-state index contributed by atoms with van der Waals surface area (Å²) in [7, 11) is 2.21. The Bertz CT molecular complexity index is 925. The summed E-state index contributed by atoms with van der Waals surface area (Å²) in [6, 6.07) is 11.1. The predicted molar refractivity (Wildman–Crippen MR) is 114 cm³/mol. The Hall–Kier alpha value is -1.83. The molecule has 4 rings (SSSR count). The lowest BCUT2D eigenvalue weighted by molar-refractivity contribution is 0.204. The summed E-state index contributed by atoms with van der Waals surface area (Å²) in [5.41, 5.74) is 2.67. The number of likely N-dealkylation sites (tertiary alicyclic amines) is 1. The summed E-state index contributed by atoms with van der Waals surface area (Å²) in [6.07, 6.45) is 3.89. The fraction of sp³-hybridized carbons (Fsp3) is 0.381. The Balaban J connectivity index is 1.45. The number of hydrogen-bond donors (Lipinski definition) is 0. The number of aryl methyl sites for hydroxylation is 1. The zero-order chi connectivity index (χ0) is 19.5. The van der Waals surface area contributed by atoms with Gasteiger partial charge >= 0.3 is 0 Å². The fourth-order valence-corrected chi connectivity index (χ4v) is 5.49. The highest BCUT2D eigenvalue weighted by Gasteiger charge is 2.19. The molecule has 1 aliphatic heterocycles. The highest BCUT2D eigenvalue weighted by molar-refractivity contribution is 7.99. The van der Waals surface area contributed by atoms with Gasteiger partial charge in [0.05, 0.1) is 10.6 Å². The minimum Gasteiger partial charge on any atom is -0.303 e. The van der Waals surface area contributed by atoms with Gasteiger partial charge in [-0.15, -0.1) is 33.3 Å². The molecule has 1 saturated heterocycles. The molecule has 2 aromatic heterocycles. The molecule has 28 heavy (non-hydrogen) atoms. The third-order valence-corrected chi connectivity index (χ3v) is 7.40. The molecule has 3 heterocycles. The number of rotatable bonds is 5. The van der Waals surface area contributed by atoms with E-state index in [9.17, 15) is 4.39 Å². The fourth-order valence-electron chi connectivity index (χ4n) is 3.40. The van der Waals surface area contributed by atoms with Crippen LogP contribution in [0.2, 0.25) is 0 Å². The first-order valence-electron chi connectivity index (χ1n) is 9.50. The van der Waals surface area contributed by atoms with Crippen molar-refractivity contribution in [3.63, 3.8) is 0 Å². The third kappa shape index (κ3) is 4.42. The molecule has 1 aliphatic rings. The van der Waals surface area contributed by atoms with E-state index < -0.39 is 0 Å². The van der Waals surface area contributed by atoms with E-state index in [-0.39, 0.29) is 5.82 Å². The van der Waals surface area contributed by atoms with Crippen LogP contribution in [0.5, 0.6) is 0 Å². The Morgan fingerprint density at radius 2 is 1.96 bits per heavy atom. The smallest absolute Gasteiger partial charge is 0.124 e. The molecule has 0 bridgehead atoms. The van der Waals surface area contributed by atoms with E-state index in [2.05, 4.69) is 27.1 Å². The lowest BCUT2D eigenvalue weighted by atomic mass is 10.1. The summed E-state index contributed by atoms with van der Waals surface area (Å²) in [5.74, 6) is 0.814. The molecular weight excluding hydrogens is 391 g/mol. The van der Waals surface area contributed by atoms with Gasteiger partial charge < -0.3 is 4.90 Å². The topological polar surface area (TPSA) is 41.9 Å². The molecule has 1 aromatic carbocycles. The Labute approximate surface area is 173 Å². The predicted octanol–water partition coefficient (Wildman–Crippen LogP) is 5.29. The molecular formula is C21H23FN4S2. The van der Waals surface area contributed by atoms with Crippen LogP contribution in [0.15, 0.2) is 41.4 Å². The van der Waals surface area contributed by atoms with Crippen LogP contribution in [0.1, 0.15) is 25.0 Å². The number of thioether (sulfide) groups is 1. The average molecular weight is 415 g/mol. The minimum atomic E-state index is -0.240. The molecule has 4 nitrogen and oxygen atoms in total. The van der Waals surface area contributed by atoms with Crippen molar-refractivity contribution in [3.8, 4) is 21.1 Å². The van der Waals surface area contributed by atoms with E-state index in [1.165, 1.54) is 37.9 Å². The number of halogens is 1. The van der Waals surface area contributed by atoms with Crippen LogP contribution in [0.4, 0.5) is 4.39 Å². The molecule has 1 unspecified atom stereocenters. The van der Waals surface area contributed by atoms with Gasteiger partial charge in [-0.2, -0.15) is 0 Å². The lowest BCUT2D eigenvalue weighted by Crippen LogP contribution is -2.37. The monoisotopic (exact) mass is 414 g/mol. The van der Waals surface area contributed by atoms with Gasteiger partial charge in [0.15, 0.2) is 0 Å². The first-order chi connectivity index (χ1) is 13.6. The molecule has 0 radical (unpaired) electrons. The molecule has 0 N–H and O–H groups in total. The van der Waals surface area contributed by atoms with E-state index in [0.29, 0.717) is 6.04 Å². The van der Waals surface area contributed by atoms with Crippen LogP contribution in [-0.2, 0) is 0 Å². The summed E-state index contributed by atoms with van der Waals surface area (Å²) in [6.45, 7) is 3.17. The van der Waals surface area contributed by atoms with Crippen LogP contribution < -0.4 is 0 Å². The zero-order valence-corrected chi connectivity index (χ0v) is 17.7. The largest absolute Gasteiger partial charge is 0.303 e. The van der Waals surface area contributed by atoms with Crippen molar-refractivity contribution in [1.82, 2.24) is 20.1 Å². The van der Waals surface area contributed by atoms with E-state index in [1.54, 1.807) is 35.2 Å². The SMILES string of the molecule is Cc1nc(-c2ccc(F)cc2)sc1-c1ccc(SCC2CCCCN2C)nn1. The van der Waals surface area contributed by atoms with Gasteiger partial charge in [-0.1, -0.05) is 6.42 Å². The summed E-state index contributed by atoms with van der Waals surface area (Å²) in [4.78, 5) is 8.10. The van der Waals surface area contributed by atoms with Gasteiger partial charge in [-0.05, 0) is 69.8 Å². The molecule has 1 fully saturated rings. The second kappa shape index (κ2) is 8.68. The molecule has 0 aliphatic carbocycles. The number of aromatic nitrogens is 3. The van der Waals surface area contributed by atoms with Crippen LogP contribution in [0, 0.1) is 12.7 Å². The maximum absolute atomic E-state index is 13.2. The average Bonchev–Trinajstić information content (AvgIpc) is 3.10. The quantitative estimate of drug-likeness (QED) is 0.531. The van der Waals surface area contributed by atoms with Gasteiger partial charge in [-0.25, -0.2) is 9.37 Å². The molecule has 1 atom stereocenters. The van der Waals surface area contributed by atoms with E-state index >= 15 is 0 Å². The lowest BCUT2D eigenvalue weighted by Gasteiger charge is -2.31. The molecule has 0 saturated carbocycles. The van der Waals surface area contributed by atoms with E-state index in [1.807, 2.05) is 19.1 Å². The standard InChI is InChI=1S/C21H23FN4S2/c1-14-20(28-21(23-14)15-6-8-16(22)9-7-15)18-10-11-19(25-24-18)27-13-17-5-3-4-12-26(17)2/h6-11,17H,3-5,12-13H2,1-2H3. The molecule has 3 aromatic rings. The van der Waals surface area contributed by atoms with Crippen molar-refractivity contribution in [1.29, 1.82) is 0 Å². The molecule has 146 valence electrons. The highest BCUT2D eigenvalue weighted by atomic mass is 32.2. The van der Waals surface area contributed by atoms with Crippen molar-refractivity contribution >= 4 is 23.1 Å². The van der Waals surface area contributed by atoms with Crippen molar-refractivity contribution < 1.29 is 4.39 Å². The Morgan fingerprint density at radius 1 is 1.14 bits per heavy atom. The van der Waals surface area contributed by atoms with Crippen molar-refractivity contribution in [2.45, 2.75) is 37.3 Å². The van der Waals surface area contributed by atoms with Crippen LogP contribution >= 0.6 is 23.1 Å². The summed E-state index contributed by atoms with van der Waals surface area (Å²) in [5, 5.41) is 10.7. The van der Waals surface area contributed by atoms with Crippen LogP contribution in [-0.4, -0.2) is 45.5 Å². The van der Waals surface area contributed by atoms with E-state index in [0.717, 1.165) is 37.6 Å². The molecule has 7 heteroatoms. The number of hydrogen-bond acceptors (Lipinski definition) is 6. The molecule has 0 amide bonds. The number of nitrogens with zero attached hydrogens (tertiary/aromatic N) is 4. The van der Waals surface area contributed by atoms with Crippen LogP contribution in [0.3, 0.4) is 0 Å². The third-order valence-electron chi connectivity index (χ3n) is 5.11. The zero-order valence-electron chi connectivity index (χ0n) is 16.1. The maximum Gasteiger partial charge on any atom is 0.124 e. The van der Waals surface area contributed by atoms with Crippen molar-refractivity contribution in [3.05, 3.63) is 47.9 Å². The van der Waals surface area contributed by atoms with Gasteiger partial charge in [0.25, 0.3) is 0 Å². The molecule has 0 spiro atoms. The first-order valence-corrected chi connectivity index (χ1v) is 11.3. The first kappa shape index (κ1) is 19.5. The number of piperidine rings is 1.